The van der Waals surface area contributed by atoms with Crippen molar-refractivity contribution < 1.29 is 0 Å². The van der Waals surface area contributed by atoms with Crippen molar-refractivity contribution in [3.8, 4) is 0 Å². The summed E-state index contributed by atoms with van der Waals surface area (Å²) in [6, 6.07) is 0.685. The first-order valence-corrected chi connectivity index (χ1v) is 5.26. The van der Waals surface area contributed by atoms with Gasteiger partial charge in [0.2, 0.25) is 0 Å². The van der Waals surface area contributed by atoms with E-state index in [4.69, 9.17) is 0 Å². The average molecular weight is 179 g/mol. The molecule has 0 fully saturated rings. The zero-order valence-corrected chi connectivity index (χ0v) is 8.71. The molecular formula is C7H17NS2. The Kier molecular flexibility index (Phi) is 6.80. The lowest BCUT2D eigenvalue weighted by Crippen LogP contribution is -2.21. The molecule has 3 heteroatoms. The minimum atomic E-state index is 0.685. The molecular weight excluding hydrogens is 162 g/mol. The molecule has 0 heterocycles. The Balaban J connectivity index is 3.31. The molecule has 0 saturated carbocycles. The fourth-order valence-corrected chi connectivity index (χ4v) is 1.59. The third-order valence-corrected chi connectivity index (χ3v) is 3.28. The summed E-state index contributed by atoms with van der Waals surface area (Å²) in [4.78, 5) is 0. The molecule has 0 aliphatic rings. The van der Waals surface area contributed by atoms with Crippen LogP contribution in [0.5, 0.6) is 0 Å². The smallest absolute Gasteiger partial charge is 0.0169 e. The molecule has 1 atom stereocenters. The fraction of sp³-hybridized carbons (Fsp3) is 1.00. The van der Waals surface area contributed by atoms with E-state index in [-0.39, 0.29) is 0 Å². The summed E-state index contributed by atoms with van der Waals surface area (Å²) in [6.45, 7) is 4.45. The molecule has 0 aliphatic carbocycles. The van der Waals surface area contributed by atoms with Crippen LogP contribution in [0.4, 0.5) is 0 Å². The molecule has 0 saturated heterocycles. The zero-order valence-electron chi connectivity index (χ0n) is 7.00. The molecule has 0 radical (unpaired) electrons. The standard InChI is InChI=1S/C7H17NS2/c1-4-7(2)8(3)10-6-5-9/h7,9H,4-6H2,1-3H3. The van der Waals surface area contributed by atoms with Gasteiger partial charge in [-0.15, -0.1) is 0 Å². The van der Waals surface area contributed by atoms with E-state index in [9.17, 15) is 0 Å². The van der Waals surface area contributed by atoms with Gasteiger partial charge >= 0.3 is 0 Å². The van der Waals surface area contributed by atoms with Crippen molar-refractivity contribution in [2.45, 2.75) is 26.3 Å². The number of thiol groups is 1. The second-order valence-electron chi connectivity index (χ2n) is 2.36. The first-order chi connectivity index (χ1) is 4.72. The molecule has 1 nitrogen and oxygen atoms in total. The van der Waals surface area contributed by atoms with E-state index in [1.807, 2.05) is 11.9 Å². The molecule has 1 unspecified atom stereocenters. The van der Waals surface area contributed by atoms with Gasteiger partial charge in [0, 0.05) is 17.5 Å². The fourth-order valence-electron chi connectivity index (χ4n) is 0.569. The number of nitrogens with zero attached hydrogens (tertiary/aromatic N) is 1. The highest BCUT2D eigenvalue weighted by Gasteiger charge is 2.04. The summed E-state index contributed by atoms with van der Waals surface area (Å²) >= 11 is 6.01. The van der Waals surface area contributed by atoms with Crippen molar-refractivity contribution in [1.29, 1.82) is 0 Å². The van der Waals surface area contributed by atoms with Crippen molar-refractivity contribution in [3.05, 3.63) is 0 Å². The summed E-state index contributed by atoms with van der Waals surface area (Å²) in [7, 11) is 2.14. The lowest BCUT2D eigenvalue weighted by molar-refractivity contribution is 0.426. The van der Waals surface area contributed by atoms with Gasteiger partial charge in [-0.2, -0.15) is 12.6 Å². The van der Waals surface area contributed by atoms with Gasteiger partial charge < -0.3 is 0 Å². The molecule has 0 rings (SSSR count). The van der Waals surface area contributed by atoms with Crippen LogP contribution in [0.1, 0.15) is 20.3 Å². The van der Waals surface area contributed by atoms with Crippen LogP contribution in [0.25, 0.3) is 0 Å². The predicted molar refractivity (Wildman–Crippen MR) is 53.8 cm³/mol. The van der Waals surface area contributed by atoms with Crippen LogP contribution < -0.4 is 0 Å². The minimum absolute atomic E-state index is 0.685. The van der Waals surface area contributed by atoms with Crippen LogP contribution in [-0.2, 0) is 0 Å². The lowest BCUT2D eigenvalue weighted by atomic mass is 10.3. The Hall–Kier alpha value is 0.660. The van der Waals surface area contributed by atoms with E-state index >= 15 is 0 Å². The molecule has 0 aromatic rings. The molecule has 0 aromatic carbocycles. The molecule has 0 amide bonds. The summed E-state index contributed by atoms with van der Waals surface area (Å²) < 4.78 is 2.30. The Bertz CT molecular complexity index is 78.0. The molecule has 0 aliphatic heterocycles. The lowest BCUT2D eigenvalue weighted by Gasteiger charge is -2.21. The highest BCUT2D eigenvalue weighted by molar-refractivity contribution is 7.97. The third kappa shape index (κ3) is 4.47. The molecule has 0 aromatic heterocycles. The monoisotopic (exact) mass is 179 g/mol. The largest absolute Gasteiger partial charge is 0.251 e. The quantitative estimate of drug-likeness (QED) is 0.509. The van der Waals surface area contributed by atoms with Gasteiger partial charge in [0.25, 0.3) is 0 Å². The zero-order chi connectivity index (χ0) is 7.98. The molecule has 0 spiro atoms. The topological polar surface area (TPSA) is 3.24 Å². The summed E-state index contributed by atoms with van der Waals surface area (Å²) in [5, 5.41) is 0. The van der Waals surface area contributed by atoms with E-state index in [0.717, 1.165) is 11.5 Å². The highest BCUT2D eigenvalue weighted by atomic mass is 32.2. The van der Waals surface area contributed by atoms with E-state index in [0.29, 0.717) is 6.04 Å². The van der Waals surface area contributed by atoms with Crippen LogP contribution in [-0.4, -0.2) is 28.9 Å². The van der Waals surface area contributed by atoms with E-state index in [1.54, 1.807) is 0 Å². The first kappa shape index (κ1) is 10.7. The molecule has 62 valence electrons. The third-order valence-electron chi connectivity index (χ3n) is 1.60. The van der Waals surface area contributed by atoms with Crippen LogP contribution in [0, 0.1) is 0 Å². The first-order valence-electron chi connectivity index (χ1n) is 3.69. The van der Waals surface area contributed by atoms with Gasteiger partial charge in [0.15, 0.2) is 0 Å². The number of rotatable bonds is 5. The summed E-state index contributed by atoms with van der Waals surface area (Å²) in [6.07, 6.45) is 1.22. The van der Waals surface area contributed by atoms with Crippen LogP contribution in [0.15, 0.2) is 0 Å². The van der Waals surface area contributed by atoms with Crippen molar-refractivity contribution >= 4 is 24.6 Å². The predicted octanol–water partition coefficient (Wildman–Crippen LogP) is 2.29. The number of hydrogen-bond acceptors (Lipinski definition) is 3. The average Bonchev–Trinajstić information content (AvgIpc) is 1.98. The van der Waals surface area contributed by atoms with Crippen molar-refractivity contribution in [2.75, 3.05) is 18.6 Å². The maximum Gasteiger partial charge on any atom is 0.0169 e. The highest BCUT2D eigenvalue weighted by Crippen LogP contribution is 2.12. The van der Waals surface area contributed by atoms with Crippen LogP contribution >= 0.6 is 24.6 Å². The van der Waals surface area contributed by atoms with E-state index in [2.05, 4.69) is 37.8 Å². The SMILES string of the molecule is CCC(C)N(C)SCCS. The van der Waals surface area contributed by atoms with Crippen LogP contribution in [0.2, 0.25) is 0 Å². The summed E-state index contributed by atoms with van der Waals surface area (Å²) in [5.74, 6) is 2.08. The van der Waals surface area contributed by atoms with Gasteiger partial charge in [-0.25, -0.2) is 0 Å². The van der Waals surface area contributed by atoms with Gasteiger partial charge in [-0.3, -0.25) is 4.31 Å². The van der Waals surface area contributed by atoms with Gasteiger partial charge in [0.05, 0.1) is 0 Å². The van der Waals surface area contributed by atoms with E-state index < -0.39 is 0 Å². The van der Waals surface area contributed by atoms with Gasteiger partial charge in [0.1, 0.15) is 0 Å². The Morgan fingerprint density at radius 3 is 2.60 bits per heavy atom. The summed E-state index contributed by atoms with van der Waals surface area (Å²) in [5.41, 5.74) is 0. The maximum atomic E-state index is 4.15. The van der Waals surface area contributed by atoms with Crippen LogP contribution in [0.3, 0.4) is 0 Å². The number of hydrogen-bond donors (Lipinski definition) is 1. The van der Waals surface area contributed by atoms with Crippen molar-refractivity contribution in [2.24, 2.45) is 0 Å². The van der Waals surface area contributed by atoms with Gasteiger partial charge in [-0.05, 0) is 20.4 Å². The minimum Gasteiger partial charge on any atom is -0.251 e. The molecule has 0 N–H and O–H groups in total. The van der Waals surface area contributed by atoms with Gasteiger partial charge in [-0.1, -0.05) is 18.9 Å². The maximum absolute atomic E-state index is 4.15. The molecule has 10 heavy (non-hydrogen) atoms. The Morgan fingerprint density at radius 2 is 2.20 bits per heavy atom. The Labute approximate surface area is 74.1 Å². The normalized spacial score (nSPS) is 14.1. The van der Waals surface area contributed by atoms with Crippen molar-refractivity contribution in [1.82, 2.24) is 4.31 Å². The van der Waals surface area contributed by atoms with E-state index in [1.165, 1.54) is 6.42 Å². The second-order valence-corrected chi connectivity index (χ2v) is 4.05. The second kappa shape index (κ2) is 6.38. The Morgan fingerprint density at radius 1 is 1.60 bits per heavy atom. The van der Waals surface area contributed by atoms with Crippen molar-refractivity contribution in [3.63, 3.8) is 0 Å². The molecule has 0 bridgehead atoms.